The van der Waals surface area contributed by atoms with Crippen molar-refractivity contribution in [1.82, 2.24) is 15.2 Å². The Kier molecular flexibility index (Phi) is 3.87. The topological polar surface area (TPSA) is 68.4 Å². The first-order chi connectivity index (χ1) is 9.06. The van der Waals surface area contributed by atoms with Gasteiger partial charge in [0.15, 0.2) is 0 Å². The molecule has 1 aromatic carbocycles. The molecule has 102 valence electrons. The maximum Gasteiger partial charge on any atom is 0.322 e. The molecule has 0 aliphatic carbocycles. The zero-order valence-corrected chi connectivity index (χ0v) is 11.3. The van der Waals surface area contributed by atoms with E-state index in [1.54, 1.807) is 7.05 Å². The van der Waals surface area contributed by atoms with Crippen LogP contribution in [0.2, 0.25) is 0 Å². The lowest BCUT2D eigenvalue weighted by molar-refractivity contribution is -0.141. The van der Waals surface area contributed by atoms with Crippen LogP contribution in [0, 0.1) is 0 Å². The van der Waals surface area contributed by atoms with Crippen molar-refractivity contribution in [3.05, 3.63) is 36.0 Å². The van der Waals surface area contributed by atoms with Crippen LogP contribution in [-0.2, 0) is 4.79 Å². The Morgan fingerprint density at radius 2 is 2.05 bits per heavy atom. The second kappa shape index (κ2) is 5.42. The van der Waals surface area contributed by atoms with E-state index in [-0.39, 0.29) is 6.04 Å². The van der Waals surface area contributed by atoms with E-state index < -0.39 is 12.0 Å². The number of carboxylic acids is 1. The van der Waals surface area contributed by atoms with Crippen LogP contribution in [0.3, 0.4) is 0 Å². The van der Waals surface area contributed by atoms with E-state index in [1.807, 2.05) is 49.5 Å². The van der Waals surface area contributed by atoms with E-state index >= 15 is 0 Å². The summed E-state index contributed by atoms with van der Waals surface area (Å²) >= 11 is 0. The van der Waals surface area contributed by atoms with Gasteiger partial charge in [0.2, 0.25) is 0 Å². The van der Waals surface area contributed by atoms with Gasteiger partial charge in [0.05, 0.1) is 6.04 Å². The van der Waals surface area contributed by atoms with Gasteiger partial charge in [-0.3, -0.25) is 4.79 Å². The Hall–Kier alpha value is -1.85. The monoisotopic (exact) mass is 261 g/mol. The normalized spacial score (nSPS) is 14.7. The smallest absolute Gasteiger partial charge is 0.322 e. The number of para-hydroxylation sites is 1. The summed E-state index contributed by atoms with van der Waals surface area (Å²) < 4.78 is 0. The molecule has 2 unspecified atom stereocenters. The third-order valence-corrected chi connectivity index (χ3v) is 3.39. The van der Waals surface area contributed by atoms with Crippen molar-refractivity contribution >= 4 is 16.9 Å². The number of aromatic amines is 1. The molecule has 5 nitrogen and oxygen atoms in total. The van der Waals surface area contributed by atoms with Crippen molar-refractivity contribution in [2.24, 2.45) is 0 Å². The molecule has 0 saturated carbocycles. The molecule has 0 aliphatic rings. The van der Waals surface area contributed by atoms with E-state index in [2.05, 4.69) is 10.3 Å². The molecular weight excluding hydrogens is 242 g/mol. The number of nitrogens with one attached hydrogen (secondary N) is 2. The first-order valence-electron chi connectivity index (χ1n) is 6.18. The SMILES string of the molecule is CNC(C(=O)O)C(c1c[nH]c2ccccc12)N(C)C. The zero-order chi connectivity index (χ0) is 14.0. The van der Waals surface area contributed by atoms with Crippen molar-refractivity contribution in [2.75, 3.05) is 21.1 Å². The third kappa shape index (κ3) is 2.47. The Labute approximate surface area is 112 Å². The molecule has 3 N–H and O–H groups in total. The highest BCUT2D eigenvalue weighted by atomic mass is 16.4. The van der Waals surface area contributed by atoms with Gasteiger partial charge in [-0.2, -0.15) is 0 Å². The van der Waals surface area contributed by atoms with Gasteiger partial charge in [0.1, 0.15) is 6.04 Å². The Morgan fingerprint density at radius 3 is 2.63 bits per heavy atom. The molecule has 0 amide bonds. The summed E-state index contributed by atoms with van der Waals surface area (Å²) in [7, 11) is 5.45. The van der Waals surface area contributed by atoms with Crippen molar-refractivity contribution in [3.8, 4) is 0 Å². The van der Waals surface area contributed by atoms with Crippen LogP contribution < -0.4 is 5.32 Å². The molecule has 1 heterocycles. The summed E-state index contributed by atoms with van der Waals surface area (Å²) in [6, 6.07) is 7.02. The Bertz CT molecular complexity index is 577. The Morgan fingerprint density at radius 1 is 1.37 bits per heavy atom. The minimum Gasteiger partial charge on any atom is -0.480 e. The number of benzene rings is 1. The van der Waals surface area contributed by atoms with Gasteiger partial charge in [-0.05, 0) is 32.8 Å². The largest absolute Gasteiger partial charge is 0.480 e. The van der Waals surface area contributed by atoms with Crippen molar-refractivity contribution in [2.45, 2.75) is 12.1 Å². The fourth-order valence-electron chi connectivity index (χ4n) is 2.51. The molecule has 2 atom stereocenters. The van der Waals surface area contributed by atoms with E-state index in [1.165, 1.54) is 0 Å². The Balaban J connectivity index is 2.53. The van der Waals surface area contributed by atoms with Gasteiger partial charge >= 0.3 is 5.97 Å². The maximum atomic E-state index is 11.4. The summed E-state index contributed by atoms with van der Waals surface area (Å²) in [5.41, 5.74) is 2.01. The van der Waals surface area contributed by atoms with Gasteiger partial charge in [-0.15, -0.1) is 0 Å². The van der Waals surface area contributed by atoms with E-state index in [0.717, 1.165) is 16.5 Å². The van der Waals surface area contributed by atoms with Gasteiger partial charge < -0.3 is 20.3 Å². The third-order valence-electron chi connectivity index (χ3n) is 3.39. The van der Waals surface area contributed by atoms with Crippen LogP contribution in [0.15, 0.2) is 30.5 Å². The van der Waals surface area contributed by atoms with Gasteiger partial charge in [0.25, 0.3) is 0 Å². The molecule has 0 radical (unpaired) electrons. The molecule has 0 spiro atoms. The number of rotatable bonds is 5. The maximum absolute atomic E-state index is 11.4. The average Bonchev–Trinajstić information content (AvgIpc) is 2.78. The molecule has 0 bridgehead atoms. The number of carboxylic acid groups (broad SMARTS) is 1. The van der Waals surface area contributed by atoms with Crippen LogP contribution in [0.1, 0.15) is 11.6 Å². The van der Waals surface area contributed by atoms with Crippen LogP contribution in [0.25, 0.3) is 10.9 Å². The standard InChI is InChI=1S/C14H19N3O2/c1-15-12(14(18)19)13(17(2)3)10-8-16-11-7-5-4-6-9(10)11/h4-8,12-13,15-16H,1-3H3,(H,18,19). The summed E-state index contributed by atoms with van der Waals surface area (Å²) in [5, 5.41) is 13.3. The van der Waals surface area contributed by atoms with Gasteiger partial charge in [0, 0.05) is 17.1 Å². The zero-order valence-electron chi connectivity index (χ0n) is 11.3. The molecule has 2 aromatic rings. The number of hydrogen-bond donors (Lipinski definition) is 3. The molecular formula is C14H19N3O2. The second-order valence-electron chi connectivity index (χ2n) is 4.80. The van der Waals surface area contributed by atoms with Gasteiger partial charge in [-0.1, -0.05) is 18.2 Å². The number of likely N-dealkylation sites (N-methyl/N-ethyl adjacent to an activating group) is 2. The fourth-order valence-corrected chi connectivity index (χ4v) is 2.51. The summed E-state index contributed by atoms with van der Waals surface area (Å²) in [4.78, 5) is 16.5. The highest BCUT2D eigenvalue weighted by Crippen LogP contribution is 2.29. The number of nitrogens with zero attached hydrogens (tertiary/aromatic N) is 1. The first-order valence-corrected chi connectivity index (χ1v) is 6.18. The lowest BCUT2D eigenvalue weighted by Gasteiger charge is -2.29. The summed E-state index contributed by atoms with van der Waals surface area (Å²) in [6.07, 6.45) is 1.89. The van der Waals surface area contributed by atoms with E-state index in [4.69, 9.17) is 0 Å². The van der Waals surface area contributed by atoms with Crippen molar-refractivity contribution in [3.63, 3.8) is 0 Å². The lowest BCUT2D eigenvalue weighted by Crippen LogP contribution is -2.45. The predicted molar refractivity (Wildman–Crippen MR) is 75.2 cm³/mol. The number of fused-ring (bicyclic) bond motifs is 1. The van der Waals surface area contributed by atoms with Crippen LogP contribution in [0.5, 0.6) is 0 Å². The highest BCUT2D eigenvalue weighted by molar-refractivity contribution is 5.85. The van der Waals surface area contributed by atoms with Crippen LogP contribution >= 0.6 is 0 Å². The second-order valence-corrected chi connectivity index (χ2v) is 4.80. The van der Waals surface area contributed by atoms with Crippen LogP contribution in [-0.4, -0.2) is 48.1 Å². The number of carbonyl (C=O) groups is 1. The summed E-state index contributed by atoms with van der Waals surface area (Å²) in [5.74, 6) is -0.855. The van der Waals surface area contributed by atoms with Gasteiger partial charge in [-0.25, -0.2) is 0 Å². The predicted octanol–water partition coefficient (Wildman–Crippen LogP) is 1.44. The average molecular weight is 261 g/mol. The van der Waals surface area contributed by atoms with Crippen molar-refractivity contribution < 1.29 is 9.90 Å². The fraction of sp³-hybridized carbons (Fsp3) is 0.357. The quantitative estimate of drug-likeness (QED) is 0.762. The number of aromatic nitrogens is 1. The first kappa shape index (κ1) is 13.6. The minimum atomic E-state index is -0.855. The number of H-pyrrole nitrogens is 1. The molecule has 19 heavy (non-hydrogen) atoms. The van der Waals surface area contributed by atoms with Crippen molar-refractivity contribution in [1.29, 1.82) is 0 Å². The minimum absolute atomic E-state index is 0.237. The number of hydrogen-bond acceptors (Lipinski definition) is 3. The highest BCUT2D eigenvalue weighted by Gasteiger charge is 2.31. The molecule has 0 aliphatic heterocycles. The summed E-state index contributed by atoms with van der Waals surface area (Å²) in [6.45, 7) is 0. The number of aliphatic carboxylic acids is 1. The molecule has 5 heteroatoms. The molecule has 2 rings (SSSR count). The van der Waals surface area contributed by atoms with Crippen LogP contribution in [0.4, 0.5) is 0 Å². The molecule has 1 aromatic heterocycles. The van der Waals surface area contributed by atoms with E-state index in [0.29, 0.717) is 0 Å². The van der Waals surface area contributed by atoms with E-state index in [9.17, 15) is 9.90 Å². The molecule has 0 fully saturated rings. The molecule has 0 saturated heterocycles. The lowest BCUT2D eigenvalue weighted by atomic mass is 9.97.